The summed E-state index contributed by atoms with van der Waals surface area (Å²) in [6.45, 7) is 4.05. The van der Waals surface area contributed by atoms with Crippen molar-refractivity contribution in [3.8, 4) is 0 Å². The molecule has 1 aromatic rings. The van der Waals surface area contributed by atoms with Crippen LogP contribution in [-0.2, 0) is 0 Å². The van der Waals surface area contributed by atoms with Crippen LogP contribution in [0, 0.1) is 13.8 Å². The van der Waals surface area contributed by atoms with Gasteiger partial charge in [0.25, 0.3) is 0 Å². The lowest BCUT2D eigenvalue weighted by atomic mass is 9.99. The lowest BCUT2D eigenvalue weighted by Crippen LogP contribution is -1.99. The Hall–Kier alpha value is -1.18. The maximum Gasteiger partial charge on any atom is 0.151 e. The largest absolute Gasteiger partial charge is 0.298 e. The number of aromatic nitrogens is 1. The molecule has 1 saturated carbocycles. The molecule has 0 amide bonds. The lowest BCUT2D eigenvalue weighted by molar-refractivity contribution is 0.112. The van der Waals surface area contributed by atoms with Gasteiger partial charge in [-0.2, -0.15) is 0 Å². The number of carbonyl (C=O) groups excluding carboxylic acids is 1. The highest BCUT2D eigenvalue weighted by Gasteiger charge is 2.28. The maximum atomic E-state index is 10.8. The van der Waals surface area contributed by atoms with Crippen LogP contribution in [0.3, 0.4) is 0 Å². The Morgan fingerprint density at radius 2 is 2.15 bits per heavy atom. The highest BCUT2D eigenvalue weighted by molar-refractivity contribution is 5.78. The van der Waals surface area contributed by atoms with E-state index < -0.39 is 0 Å². The van der Waals surface area contributed by atoms with Gasteiger partial charge in [-0.3, -0.25) is 9.78 Å². The quantitative estimate of drug-likeness (QED) is 0.646. The standard InChI is InChI=1S/C11H13NO/c1-7-8(2)12-5-10(6-13)11(7)9-3-4-9/h5-6,9H,3-4H2,1-2H3. The minimum Gasteiger partial charge on any atom is -0.298 e. The van der Waals surface area contributed by atoms with Gasteiger partial charge in [0.05, 0.1) is 0 Å². The highest BCUT2D eigenvalue weighted by Crippen LogP contribution is 2.43. The van der Waals surface area contributed by atoms with Gasteiger partial charge >= 0.3 is 0 Å². The Bertz CT molecular complexity index is 353. The van der Waals surface area contributed by atoms with Crippen LogP contribution >= 0.6 is 0 Å². The van der Waals surface area contributed by atoms with Crippen molar-refractivity contribution in [1.82, 2.24) is 4.98 Å². The summed E-state index contributed by atoms with van der Waals surface area (Å²) in [5, 5.41) is 0. The number of hydrogen-bond donors (Lipinski definition) is 0. The molecule has 2 nitrogen and oxygen atoms in total. The molecule has 0 N–H and O–H groups in total. The molecule has 13 heavy (non-hydrogen) atoms. The predicted octanol–water partition coefficient (Wildman–Crippen LogP) is 2.39. The molecule has 1 heterocycles. The predicted molar refractivity (Wildman–Crippen MR) is 51.1 cm³/mol. The molecule has 0 bridgehead atoms. The molecule has 0 aromatic carbocycles. The Kier molecular flexibility index (Phi) is 1.91. The minimum absolute atomic E-state index is 0.627. The molecule has 0 spiro atoms. The van der Waals surface area contributed by atoms with Gasteiger partial charge in [0.1, 0.15) is 0 Å². The fourth-order valence-corrected chi connectivity index (χ4v) is 1.75. The number of rotatable bonds is 2. The molecule has 1 fully saturated rings. The second-order valence-electron chi connectivity index (χ2n) is 3.73. The zero-order chi connectivity index (χ0) is 9.42. The van der Waals surface area contributed by atoms with E-state index in [0.29, 0.717) is 5.92 Å². The first-order valence-electron chi connectivity index (χ1n) is 4.65. The van der Waals surface area contributed by atoms with Gasteiger partial charge in [-0.15, -0.1) is 0 Å². The molecule has 68 valence electrons. The number of hydrogen-bond acceptors (Lipinski definition) is 2. The molecule has 0 saturated heterocycles. The third-order valence-electron chi connectivity index (χ3n) is 2.77. The van der Waals surface area contributed by atoms with Gasteiger partial charge in [0.2, 0.25) is 0 Å². The zero-order valence-electron chi connectivity index (χ0n) is 8.00. The number of aryl methyl sites for hydroxylation is 1. The van der Waals surface area contributed by atoms with Gasteiger partial charge in [-0.25, -0.2) is 0 Å². The van der Waals surface area contributed by atoms with Crippen molar-refractivity contribution in [1.29, 1.82) is 0 Å². The normalized spacial score (nSPS) is 15.8. The van der Waals surface area contributed by atoms with E-state index in [1.165, 1.54) is 24.0 Å². The van der Waals surface area contributed by atoms with Crippen LogP contribution in [0.4, 0.5) is 0 Å². The van der Waals surface area contributed by atoms with Gasteiger partial charge < -0.3 is 0 Å². The number of nitrogens with zero attached hydrogens (tertiary/aromatic N) is 1. The van der Waals surface area contributed by atoms with E-state index in [4.69, 9.17) is 0 Å². The summed E-state index contributed by atoms with van der Waals surface area (Å²) in [6, 6.07) is 0. The summed E-state index contributed by atoms with van der Waals surface area (Å²) in [5.41, 5.74) is 4.27. The molecule has 0 aliphatic heterocycles. The van der Waals surface area contributed by atoms with Crippen LogP contribution in [-0.4, -0.2) is 11.3 Å². The molecular formula is C11H13NO. The topological polar surface area (TPSA) is 30.0 Å². The Labute approximate surface area is 78.0 Å². The van der Waals surface area contributed by atoms with Crippen molar-refractivity contribution in [3.63, 3.8) is 0 Å². The Balaban J connectivity index is 2.58. The molecule has 0 atom stereocenters. The summed E-state index contributed by atoms with van der Waals surface area (Å²) < 4.78 is 0. The van der Waals surface area contributed by atoms with E-state index in [1.54, 1.807) is 6.20 Å². The third-order valence-corrected chi connectivity index (χ3v) is 2.77. The van der Waals surface area contributed by atoms with E-state index in [0.717, 1.165) is 17.5 Å². The number of carbonyl (C=O) groups is 1. The fourth-order valence-electron chi connectivity index (χ4n) is 1.75. The first-order valence-corrected chi connectivity index (χ1v) is 4.65. The monoisotopic (exact) mass is 175 g/mol. The molecule has 2 rings (SSSR count). The van der Waals surface area contributed by atoms with E-state index in [1.807, 2.05) is 6.92 Å². The van der Waals surface area contributed by atoms with Gasteiger partial charge in [-0.1, -0.05) is 0 Å². The molecular weight excluding hydrogens is 162 g/mol. The summed E-state index contributed by atoms with van der Waals surface area (Å²) in [6.07, 6.45) is 5.08. The summed E-state index contributed by atoms with van der Waals surface area (Å²) >= 11 is 0. The van der Waals surface area contributed by atoms with Crippen molar-refractivity contribution in [2.24, 2.45) is 0 Å². The number of aldehydes is 1. The molecule has 2 heteroatoms. The van der Waals surface area contributed by atoms with Crippen molar-refractivity contribution in [3.05, 3.63) is 28.6 Å². The van der Waals surface area contributed by atoms with Crippen LogP contribution < -0.4 is 0 Å². The molecule has 1 aromatic heterocycles. The van der Waals surface area contributed by atoms with E-state index >= 15 is 0 Å². The van der Waals surface area contributed by atoms with E-state index in [2.05, 4.69) is 11.9 Å². The Morgan fingerprint density at radius 1 is 1.46 bits per heavy atom. The summed E-state index contributed by atoms with van der Waals surface area (Å²) in [5.74, 6) is 0.627. The fraction of sp³-hybridized carbons (Fsp3) is 0.455. The van der Waals surface area contributed by atoms with Crippen LogP contribution in [0.1, 0.15) is 45.9 Å². The molecule has 0 unspecified atom stereocenters. The van der Waals surface area contributed by atoms with Crippen molar-refractivity contribution in [2.75, 3.05) is 0 Å². The zero-order valence-corrected chi connectivity index (χ0v) is 8.00. The summed E-state index contributed by atoms with van der Waals surface area (Å²) in [7, 11) is 0. The lowest BCUT2D eigenvalue weighted by Gasteiger charge is -2.08. The smallest absolute Gasteiger partial charge is 0.151 e. The van der Waals surface area contributed by atoms with Crippen LogP contribution in [0.2, 0.25) is 0 Å². The molecule has 1 aliphatic rings. The van der Waals surface area contributed by atoms with Crippen molar-refractivity contribution < 1.29 is 4.79 Å². The van der Waals surface area contributed by atoms with Gasteiger partial charge in [0, 0.05) is 17.5 Å². The number of pyridine rings is 1. The third kappa shape index (κ3) is 1.37. The van der Waals surface area contributed by atoms with Crippen LogP contribution in [0.25, 0.3) is 0 Å². The average molecular weight is 175 g/mol. The van der Waals surface area contributed by atoms with Gasteiger partial charge in [0.15, 0.2) is 6.29 Å². The van der Waals surface area contributed by atoms with Crippen molar-refractivity contribution >= 4 is 6.29 Å². The second kappa shape index (κ2) is 2.95. The Morgan fingerprint density at radius 3 is 2.69 bits per heavy atom. The first kappa shape index (κ1) is 8.42. The molecule has 0 radical (unpaired) electrons. The average Bonchev–Trinajstić information content (AvgIpc) is 2.92. The van der Waals surface area contributed by atoms with E-state index in [-0.39, 0.29) is 0 Å². The molecule has 1 aliphatic carbocycles. The van der Waals surface area contributed by atoms with Gasteiger partial charge in [-0.05, 0) is 43.7 Å². The van der Waals surface area contributed by atoms with Crippen LogP contribution in [0.15, 0.2) is 6.20 Å². The minimum atomic E-state index is 0.627. The second-order valence-corrected chi connectivity index (χ2v) is 3.73. The van der Waals surface area contributed by atoms with Crippen LogP contribution in [0.5, 0.6) is 0 Å². The maximum absolute atomic E-state index is 10.8. The van der Waals surface area contributed by atoms with Crippen molar-refractivity contribution in [2.45, 2.75) is 32.6 Å². The summed E-state index contributed by atoms with van der Waals surface area (Å²) in [4.78, 5) is 15.0. The van der Waals surface area contributed by atoms with E-state index in [9.17, 15) is 4.79 Å². The highest BCUT2D eigenvalue weighted by atomic mass is 16.1. The SMILES string of the molecule is Cc1ncc(C=O)c(C2CC2)c1C. The first-order chi connectivity index (χ1) is 6.24.